The Morgan fingerprint density at radius 2 is 2.22 bits per heavy atom. The van der Waals surface area contributed by atoms with Crippen LogP contribution in [0.3, 0.4) is 0 Å². The molecular weight excluding hydrogens is 266 g/mol. The van der Waals surface area contributed by atoms with E-state index in [0.717, 1.165) is 5.52 Å². The molecule has 1 unspecified atom stereocenters. The van der Waals surface area contributed by atoms with Crippen LogP contribution in [0.2, 0.25) is 24.7 Å². The molecule has 0 aromatic carbocycles. The minimum Gasteiger partial charge on any atom is -0.398 e. The highest BCUT2D eigenvalue weighted by molar-refractivity contribution is 6.69. The molecule has 0 aliphatic rings. The number of fused-ring (bicyclic) bond motifs is 1. The highest BCUT2D eigenvalue weighted by Gasteiger charge is 2.25. The van der Waals surface area contributed by atoms with E-state index in [1.807, 2.05) is 30.2 Å². The minimum atomic E-state index is -1.80. The van der Waals surface area contributed by atoms with E-state index in [-0.39, 0.29) is 0 Å². The zero-order valence-corrected chi connectivity index (χ0v) is 12.3. The molecule has 1 atom stereocenters. The number of halogens is 1. The summed E-state index contributed by atoms with van der Waals surface area (Å²) in [5.41, 5.74) is 1.44. The quantitative estimate of drug-likeness (QED) is 0.809. The van der Waals surface area contributed by atoms with E-state index in [4.69, 9.17) is 16.0 Å². The maximum atomic E-state index is 9.25. The van der Waals surface area contributed by atoms with Gasteiger partial charge in [0, 0.05) is 11.2 Å². The lowest BCUT2D eigenvalue weighted by Crippen LogP contribution is -2.27. The number of pyridine rings is 1. The van der Waals surface area contributed by atoms with E-state index in [1.165, 1.54) is 0 Å². The zero-order chi connectivity index (χ0) is 13.3. The molecule has 0 aliphatic heterocycles. The van der Waals surface area contributed by atoms with Crippen molar-refractivity contribution in [3.05, 3.63) is 35.4 Å². The lowest BCUT2D eigenvalue weighted by Gasteiger charge is -2.20. The van der Waals surface area contributed by atoms with Gasteiger partial charge in [0.1, 0.15) is 5.69 Å². The van der Waals surface area contributed by atoms with Gasteiger partial charge < -0.3 is 8.83 Å². The van der Waals surface area contributed by atoms with Crippen LogP contribution in [0.25, 0.3) is 5.52 Å². The standard InChI is InChI=1S/C12H14ClN3OSi/c1-18(2,3)17-11(7-14)12-10-6-9(13)4-5-16(10)8-15-12/h4-6,8,11H,1-3H3. The number of imidazole rings is 1. The fraction of sp³-hybridized carbons (Fsp3) is 0.333. The van der Waals surface area contributed by atoms with Crippen LogP contribution in [0.1, 0.15) is 11.8 Å². The summed E-state index contributed by atoms with van der Waals surface area (Å²) in [6.07, 6.45) is 2.84. The SMILES string of the molecule is C[Si](C)(C)OC(C#N)c1ncn2ccc(Cl)cc12. The molecule has 4 nitrogen and oxygen atoms in total. The van der Waals surface area contributed by atoms with Gasteiger partial charge in [-0.2, -0.15) is 5.26 Å². The fourth-order valence-electron chi connectivity index (χ4n) is 1.68. The van der Waals surface area contributed by atoms with Crippen molar-refractivity contribution in [2.24, 2.45) is 0 Å². The second-order valence-corrected chi connectivity index (χ2v) is 9.90. The Morgan fingerprint density at radius 3 is 2.83 bits per heavy atom. The van der Waals surface area contributed by atoms with Gasteiger partial charge >= 0.3 is 0 Å². The van der Waals surface area contributed by atoms with E-state index in [1.54, 1.807) is 18.5 Å². The first-order valence-electron chi connectivity index (χ1n) is 5.60. The van der Waals surface area contributed by atoms with Crippen LogP contribution in [-0.2, 0) is 4.43 Å². The monoisotopic (exact) mass is 279 g/mol. The second kappa shape index (κ2) is 4.73. The largest absolute Gasteiger partial charge is 0.398 e. The third kappa shape index (κ3) is 2.72. The minimum absolute atomic E-state index is 0.619. The molecule has 2 heterocycles. The Bertz CT molecular complexity index is 612. The first kappa shape index (κ1) is 13.1. The first-order chi connectivity index (χ1) is 8.40. The van der Waals surface area contributed by atoms with Crippen LogP contribution in [0.4, 0.5) is 0 Å². The van der Waals surface area contributed by atoms with Crippen molar-refractivity contribution < 1.29 is 4.43 Å². The van der Waals surface area contributed by atoms with Crippen LogP contribution < -0.4 is 0 Å². The number of aromatic nitrogens is 2. The Hall–Kier alpha value is -1.35. The second-order valence-electron chi connectivity index (χ2n) is 5.01. The van der Waals surface area contributed by atoms with E-state index in [2.05, 4.69) is 11.1 Å². The molecular formula is C12H14ClN3OSi. The molecule has 0 saturated heterocycles. The van der Waals surface area contributed by atoms with Crippen molar-refractivity contribution in [1.29, 1.82) is 5.26 Å². The zero-order valence-electron chi connectivity index (χ0n) is 10.5. The van der Waals surface area contributed by atoms with E-state index in [0.29, 0.717) is 10.7 Å². The Morgan fingerprint density at radius 1 is 1.50 bits per heavy atom. The van der Waals surface area contributed by atoms with Gasteiger partial charge in [0.15, 0.2) is 14.4 Å². The predicted octanol–water partition coefficient (Wildman–Crippen LogP) is 3.40. The summed E-state index contributed by atoms with van der Waals surface area (Å²) >= 11 is 5.97. The number of nitrogens with zero attached hydrogens (tertiary/aromatic N) is 3. The van der Waals surface area contributed by atoms with Crippen LogP contribution in [0.15, 0.2) is 24.7 Å². The number of nitriles is 1. The summed E-state index contributed by atoms with van der Waals surface area (Å²) in [7, 11) is -1.80. The molecule has 2 rings (SSSR count). The Balaban J connectivity index is 2.46. The number of hydrogen-bond donors (Lipinski definition) is 0. The summed E-state index contributed by atoms with van der Waals surface area (Å²) in [6, 6.07) is 5.74. The van der Waals surface area contributed by atoms with E-state index < -0.39 is 14.4 Å². The third-order valence-electron chi connectivity index (χ3n) is 2.37. The predicted molar refractivity (Wildman–Crippen MR) is 73.0 cm³/mol. The molecule has 0 radical (unpaired) electrons. The van der Waals surface area contributed by atoms with Gasteiger partial charge in [-0.25, -0.2) is 4.98 Å². The molecule has 0 saturated carbocycles. The molecule has 0 spiro atoms. The van der Waals surface area contributed by atoms with Crippen molar-refractivity contribution in [2.75, 3.05) is 0 Å². The number of rotatable bonds is 3. The maximum absolute atomic E-state index is 9.25. The smallest absolute Gasteiger partial charge is 0.186 e. The van der Waals surface area contributed by atoms with Crippen molar-refractivity contribution in [3.8, 4) is 6.07 Å². The van der Waals surface area contributed by atoms with Gasteiger partial charge in [-0.15, -0.1) is 0 Å². The van der Waals surface area contributed by atoms with Crippen molar-refractivity contribution >= 4 is 25.4 Å². The molecule has 2 aromatic heterocycles. The average molecular weight is 280 g/mol. The molecule has 2 aromatic rings. The maximum Gasteiger partial charge on any atom is 0.186 e. The van der Waals surface area contributed by atoms with Crippen LogP contribution >= 0.6 is 11.6 Å². The summed E-state index contributed by atoms with van der Waals surface area (Å²) < 4.78 is 7.67. The molecule has 0 N–H and O–H groups in total. The van der Waals surface area contributed by atoms with Gasteiger partial charge in [-0.3, -0.25) is 0 Å². The summed E-state index contributed by atoms with van der Waals surface area (Å²) in [4.78, 5) is 4.27. The first-order valence-corrected chi connectivity index (χ1v) is 9.39. The molecule has 0 amide bonds. The van der Waals surface area contributed by atoms with Crippen LogP contribution in [0, 0.1) is 11.3 Å². The molecule has 0 bridgehead atoms. The average Bonchev–Trinajstić information content (AvgIpc) is 2.67. The molecule has 0 aliphatic carbocycles. The molecule has 0 fully saturated rings. The Labute approximate surface area is 112 Å². The van der Waals surface area contributed by atoms with Crippen molar-refractivity contribution in [3.63, 3.8) is 0 Å². The van der Waals surface area contributed by atoms with Gasteiger partial charge in [0.05, 0.1) is 17.9 Å². The lowest BCUT2D eigenvalue weighted by molar-refractivity contribution is 0.252. The van der Waals surface area contributed by atoms with Crippen molar-refractivity contribution in [2.45, 2.75) is 25.7 Å². The highest BCUT2D eigenvalue weighted by Crippen LogP contribution is 2.25. The Kier molecular flexibility index (Phi) is 3.44. The van der Waals surface area contributed by atoms with Gasteiger partial charge in [0.25, 0.3) is 0 Å². The van der Waals surface area contributed by atoms with E-state index in [9.17, 15) is 5.26 Å². The number of hydrogen-bond acceptors (Lipinski definition) is 3. The molecule has 94 valence electrons. The summed E-state index contributed by atoms with van der Waals surface area (Å²) in [5.74, 6) is 0. The normalized spacial score (nSPS) is 13.5. The van der Waals surface area contributed by atoms with Gasteiger partial charge in [-0.1, -0.05) is 11.6 Å². The van der Waals surface area contributed by atoms with Crippen molar-refractivity contribution in [1.82, 2.24) is 9.38 Å². The topological polar surface area (TPSA) is 50.3 Å². The van der Waals surface area contributed by atoms with E-state index >= 15 is 0 Å². The lowest BCUT2D eigenvalue weighted by atomic mass is 10.2. The van der Waals surface area contributed by atoms with Crippen LogP contribution in [0.5, 0.6) is 0 Å². The molecule has 6 heteroatoms. The fourth-order valence-corrected chi connectivity index (χ4v) is 2.71. The van der Waals surface area contributed by atoms with Gasteiger partial charge in [-0.05, 0) is 31.8 Å². The van der Waals surface area contributed by atoms with Gasteiger partial charge in [0.2, 0.25) is 0 Å². The summed E-state index contributed by atoms with van der Waals surface area (Å²) in [5, 5.41) is 9.87. The molecule has 18 heavy (non-hydrogen) atoms. The third-order valence-corrected chi connectivity index (χ3v) is 3.55. The summed E-state index contributed by atoms with van der Waals surface area (Å²) in [6.45, 7) is 6.13. The highest BCUT2D eigenvalue weighted by atomic mass is 35.5. The van der Waals surface area contributed by atoms with Crippen LogP contribution in [-0.4, -0.2) is 17.7 Å².